The number of esters is 1. The third-order valence-corrected chi connectivity index (χ3v) is 1.43. The summed E-state index contributed by atoms with van der Waals surface area (Å²) in [6.07, 6.45) is 1.57. The Bertz CT molecular complexity index is 211. The van der Waals surface area contributed by atoms with Crippen molar-refractivity contribution in [1.82, 2.24) is 0 Å². The van der Waals surface area contributed by atoms with E-state index in [4.69, 9.17) is 9.84 Å². The quantitative estimate of drug-likeness (QED) is 0.281. The number of carboxylic acid groups (broad SMARTS) is 1. The van der Waals surface area contributed by atoms with Crippen molar-refractivity contribution in [3.63, 3.8) is 0 Å². The maximum absolute atomic E-state index is 10.9. The van der Waals surface area contributed by atoms with Crippen LogP contribution in [0.3, 0.4) is 0 Å². The highest BCUT2D eigenvalue weighted by Crippen LogP contribution is 1.97. The van der Waals surface area contributed by atoms with Gasteiger partial charge in [0.2, 0.25) is 0 Å². The van der Waals surface area contributed by atoms with Crippen LogP contribution in [0.25, 0.3) is 0 Å². The summed E-state index contributed by atoms with van der Waals surface area (Å²) in [5.74, 6) is -3.07. The van der Waals surface area contributed by atoms with Crippen LogP contribution in [0.1, 0.15) is 6.92 Å². The second-order valence-electron chi connectivity index (χ2n) is 2.59. The summed E-state index contributed by atoms with van der Waals surface area (Å²) in [5.41, 5.74) is 0. The molecular weight excluding hydrogens is 188 g/mol. The molecule has 0 aliphatic carbocycles. The molecule has 5 nitrogen and oxygen atoms in total. The van der Waals surface area contributed by atoms with Gasteiger partial charge in [0, 0.05) is 0 Å². The Kier molecular flexibility index (Phi) is 6.39. The molecule has 80 valence electrons. The number of carbonyl (C=O) groups excluding carboxylic acids is 1. The largest absolute Gasteiger partial charge is 0.481 e. The van der Waals surface area contributed by atoms with E-state index in [2.05, 4.69) is 11.3 Å². The molecule has 1 N–H and O–H groups in total. The van der Waals surface area contributed by atoms with Gasteiger partial charge in [-0.25, -0.2) is 0 Å². The number of rotatable bonds is 7. The Morgan fingerprint density at radius 1 is 1.50 bits per heavy atom. The third-order valence-electron chi connectivity index (χ3n) is 1.43. The monoisotopic (exact) mass is 202 g/mol. The molecule has 0 amide bonds. The summed E-state index contributed by atoms with van der Waals surface area (Å²) < 4.78 is 9.56. The summed E-state index contributed by atoms with van der Waals surface area (Å²) in [4.78, 5) is 21.3. The average Bonchev–Trinajstić information content (AvgIpc) is 2.16. The minimum atomic E-state index is -1.19. The van der Waals surface area contributed by atoms with Gasteiger partial charge in [-0.1, -0.05) is 6.08 Å². The van der Waals surface area contributed by atoms with Crippen molar-refractivity contribution < 1.29 is 24.2 Å². The Hall–Kier alpha value is -1.36. The van der Waals surface area contributed by atoms with Gasteiger partial charge < -0.3 is 14.6 Å². The van der Waals surface area contributed by atoms with Crippen LogP contribution in [0, 0.1) is 5.92 Å². The number of ether oxygens (including phenoxy) is 2. The van der Waals surface area contributed by atoms with Crippen molar-refractivity contribution in [3.8, 4) is 0 Å². The van der Waals surface area contributed by atoms with Gasteiger partial charge in [0.05, 0.1) is 13.2 Å². The minimum absolute atomic E-state index is 0.0598. The highest BCUT2D eigenvalue weighted by atomic mass is 16.6. The second kappa shape index (κ2) is 7.08. The molecule has 0 fully saturated rings. The number of hydrogen-bond acceptors (Lipinski definition) is 4. The van der Waals surface area contributed by atoms with Gasteiger partial charge in [-0.3, -0.25) is 9.59 Å². The SMILES string of the molecule is C=CCOCCOC(=O)C(C)C(=O)O. The highest BCUT2D eigenvalue weighted by molar-refractivity contribution is 5.93. The van der Waals surface area contributed by atoms with Crippen molar-refractivity contribution in [2.75, 3.05) is 19.8 Å². The van der Waals surface area contributed by atoms with E-state index < -0.39 is 17.9 Å². The average molecular weight is 202 g/mol. The molecular formula is C9H14O5. The zero-order valence-electron chi connectivity index (χ0n) is 8.06. The maximum atomic E-state index is 10.9. The smallest absolute Gasteiger partial charge is 0.320 e. The fourth-order valence-electron chi connectivity index (χ4n) is 0.594. The van der Waals surface area contributed by atoms with E-state index in [1.807, 2.05) is 0 Å². The molecule has 0 rings (SSSR count). The first-order valence-corrected chi connectivity index (χ1v) is 4.17. The fraction of sp³-hybridized carbons (Fsp3) is 0.556. The van der Waals surface area contributed by atoms with Crippen molar-refractivity contribution in [2.24, 2.45) is 5.92 Å². The number of aliphatic carboxylic acids is 1. The molecule has 0 aliphatic rings. The van der Waals surface area contributed by atoms with E-state index >= 15 is 0 Å². The molecule has 0 aromatic carbocycles. The van der Waals surface area contributed by atoms with Crippen LogP contribution >= 0.6 is 0 Å². The van der Waals surface area contributed by atoms with Gasteiger partial charge in [0.1, 0.15) is 6.61 Å². The molecule has 1 atom stereocenters. The predicted octanol–water partition coefficient (Wildman–Crippen LogP) is 0.453. The van der Waals surface area contributed by atoms with Crippen LogP contribution < -0.4 is 0 Å². The third kappa shape index (κ3) is 5.31. The molecule has 0 aromatic rings. The van der Waals surface area contributed by atoms with Crippen LogP contribution in [0.2, 0.25) is 0 Å². The van der Waals surface area contributed by atoms with E-state index in [0.29, 0.717) is 6.61 Å². The zero-order chi connectivity index (χ0) is 11.0. The predicted molar refractivity (Wildman–Crippen MR) is 48.8 cm³/mol. The molecule has 0 spiro atoms. The molecule has 1 unspecified atom stereocenters. The molecule has 0 saturated heterocycles. The van der Waals surface area contributed by atoms with Crippen LogP contribution in [-0.2, 0) is 19.1 Å². The van der Waals surface area contributed by atoms with Crippen LogP contribution in [-0.4, -0.2) is 36.9 Å². The van der Waals surface area contributed by atoms with Crippen LogP contribution in [0.4, 0.5) is 0 Å². The maximum Gasteiger partial charge on any atom is 0.320 e. The summed E-state index contributed by atoms with van der Waals surface area (Å²) in [6, 6.07) is 0. The molecule has 0 aliphatic heterocycles. The number of carboxylic acids is 1. The first-order valence-electron chi connectivity index (χ1n) is 4.17. The van der Waals surface area contributed by atoms with Crippen LogP contribution in [0.15, 0.2) is 12.7 Å². The summed E-state index contributed by atoms with van der Waals surface area (Å²) in [6.45, 7) is 5.39. The molecule has 0 saturated carbocycles. The van der Waals surface area contributed by atoms with Gasteiger partial charge in [0.25, 0.3) is 0 Å². The molecule has 0 bridgehead atoms. The van der Waals surface area contributed by atoms with E-state index in [9.17, 15) is 9.59 Å². The standard InChI is InChI=1S/C9H14O5/c1-3-4-13-5-6-14-9(12)7(2)8(10)11/h3,7H,1,4-6H2,2H3,(H,10,11). The lowest BCUT2D eigenvalue weighted by molar-refractivity contribution is -0.158. The van der Waals surface area contributed by atoms with Crippen molar-refractivity contribution >= 4 is 11.9 Å². The molecule has 0 radical (unpaired) electrons. The Morgan fingerprint density at radius 3 is 2.64 bits per heavy atom. The number of hydrogen-bond donors (Lipinski definition) is 1. The molecule has 0 aromatic heterocycles. The zero-order valence-corrected chi connectivity index (χ0v) is 8.06. The topological polar surface area (TPSA) is 72.8 Å². The lowest BCUT2D eigenvalue weighted by Gasteiger charge is -2.07. The number of carbonyl (C=O) groups is 2. The van der Waals surface area contributed by atoms with E-state index in [-0.39, 0.29) is 13.2 Å². The van der Waals surface area contributed by atoms with Crippen LogP contribution in [0.5, 0.6) is 0 Å². The summed E-state index contributed by atoms with van der Waals surface area (Å²) in [7, 11) is 0. The molecule has 5 heteroatoms. The van der Waals surface area contributed by atoms with Crippen molar-refractivity contribution in [1.29, 1.82) is 0 Å². The van der Waals surface area contributed by atoms with Gasteiger partial charge >= 0.3 is 11.9 Å². The second-order valence-corrected chi connectivity index (χ2v) is 2.59. The lowest BCUT2D eigenvalue weighted by atomic mass is 10.2. The van der Waals surface area contributed by atoms with Gasteiger partial charge in [-0.05, 0) is 6.92 Å². The Morgan fingerprint density at radius 2 is 2.14 bits per heavy atom. The highest BCUT2D eigenvalue weighted by Gasteiger charge is 2.21. The van der Waals surface area contributed by atoms with E-state index in [0.717, 1.165) is 0 Å². The lowest BCUT2D eigenvalue weighted by Crippen LogP contribution is -2.24. The van der Waals surface area contributed by atoms with Crippen molar-refractivity contribution in [3.05, 3.63) is 12.7 Å². The van der Waals surface area contributed by atoms with Gasteiger partial charge in [-0.2, -0.15) is 0 Å². The normalized spacial score (nSPS) is 11.8. The Labute approximate surface area is 82.3 Å². The Balaban J connectivity index is 3.53. The molecule has 0 heterocycles. The van der Waals surface area contributed by atoms with E-state index in [1.54, 1.807) is 6.08 Å². The first kappa shape index (κ1) is 12.6. The molecule has 14 heavy (non-hydrogen) atoms. The summed E-state index contributed by atoms with van der Waals surface area (Å²) in [5, 5.41) is 8.45. The fourth-order valence-corrected chi connectivity index (χ4v) is 0.594. The van der Waals surface area contributed by atoms with Gasteiger partial charge in [0.15, 0.2) is 5.92 Å². The first-order chi connectivity index (χ1) is 6.59. The van der Waals surface area contributed by atoms with Crippen molar-refractivity contribution in [2.45, 2.75) is 6.92 Å². The minimum Gasteiger partial charge on any atom is -0.481 e. The van der Waals surface area contributed by atoms with E-state index in [1.165, 1.54) is 6.92 Å². The van der Waals surface area contributed by atoms with Gasteiger partial charge in [-0.15, -0.1) is 6.58 Å². The summed E-state index contributed by atoms with van der Waals surface area (Å²) >= 11 is 0.